The van der Waals surface area contributed by atoms with Gasteiger partial charge in [-0.15, -0.1) is 0 Å². The van der Waals surface area contributed by atoms with Crippen LogP contribution in [0.15, 0.2) is 24.3 Å². The third-order valence-corrected chi connectivity index (χ3v) is 2.15. The van der Waals surface area contributed by atoms with Gasteiger partial charge in [-0.1, -0.05) is 19.1 Å². The van der Waals surface area contributed by atoms with Crippen molar-refractivity contribution >= 4 is 11.6 Å². The van der Waals surface area contributed by atoms with Crippen LogP contribution in [0, 0.1) is 10.1 Å². The highest BCUT2D eigenvalue weighted by Crippen LogP contribution is 2.12. The third-order valence-electron chi connectivity index (χ3n) is 2.15. The molecular formula is C11H15N3O3. The molecule has 0 fully saturated rings. The minimum Gasteiger partial charge on any atom is -0.351 e. The molecule has 1 amide bonds. The molecule has 0 aliphatic heterocycles. The van der Waals surface area contributed by atoms with E-state index in [1.807, 2.05) is 6.92 Å². The molecule has 0 spiro atoms. The van der Waals surface area contributed by atoms with Crippen molar-refractivity contribution in [1.29, 1.82) is 0 Å². The minimum absolute atomic E-state index is 0.0310. The summed E-state index contributed by atoms with van der Waals surface area (Å²) in [4.78, 5) is 21.4. The average molecular weight is 237 g/mol. The zero-order valence-electron chi connectivity index (χ0n) is 9.60. The van der Waals surface area contributed by atoms with Crippen LogP contribution in [0.4, 0.5) is 5.69 Å². The van der Waals surface area contributed by atoms with Gasteiger partial charge in [0.15, 0.2) is 0 Å². The first-order valence-corrected chi connectivity index (χ1v) is 5.34. The van der Waals surface area contributed by atoms with E-state index in [-0.39, 0.29) is 18.1 Å². The summed E-state index contributed by atoms with van der Waals surface area (Å²) in [6.45, 7) is 3.19. The number of non-ortho nitro benzene ring substituents is 1. The summed E-state index contributed by atoms with van der Waals surface area (Å²) >= 11 is 0. The van der Waals surface area contributed by atoms with Crippen LogP contribution in [0.25, 0.3) is 0 Å². The summed E-state index contributed by atoms with van der Waals surface area (Å²) in [5.74, 6) is -0.127. The SMILES string of the molecule is CCNCC(=O)NCc1cccc([N+](=O)[O-])c1. The Morgan fingerprint density at radius 3 is 2.88 bits per heavy atom. The summed E-state index contributed by atoms with van der Waals surface area (Å²) in [6.07, 6.45) is 0. The Labute approximate surface area is 99.2 Å². The second kappa shape index (κ2) is 6.59. The Kier molecular flexibility index (Phi) is 5.09. The summed E-state index contributed by atoms with van der Waals surface area (Å²) in [6, 6.07) is 6.21. The van der Waals surface area contributed by atoms with E-state index >= 15 is 0 Å². The average Bonchev–Trinajstić information content (AvgIpc) is 2.34. The molecule has 0 aliphatic carbocycles. The molecule has 0 saturated heterocycles. The monoisotopic (exact) mass is 237 g/mol. The first-order chi connectivity index (χ1) is 8.13. The molecule has 0 saturated carbocycles. The number of hydrogen-bond acceptors (Lipinski definition) is 4. The van der Waals surface area contributed by atoms with Gasteiger partial charge >= 0.3 is 0 Å². The topological polar surface area (TPSA) is 84.3 Å². The van der Waals surface area contributed by atoms with Crippen LogP contribution < -0.4 is 10.6 Å². The van der Waals surface area contributed by atoms with Gasteiger partial charge in [-0.3, -0.25) is 14.9 Å². The molecule has 92 valence electrons. The minimum atomic E-state index is -0.454. The zero-order valence-corrected chi connectivity index (χ0v) is 9.60. The van der Waals surface area contributed by atoms with Gasteiger partial charge in [-0.05, 0) is 12.1 Å². The van der Waals surface area contributed by atoms with Crippen LogP contribution >= 0.6 is 0 Å². The molecule has 0 bridgehead atoms. The van der Waals surface area contributed by atoms with Crippen molar-refractivity contribution in [3.8, 4) is 0 Å². The van der Waals surface area contributed by atoms with Gasteiger partial charge in [0.05, 0.1) is 11.5 Å². The Morgan fingerprint density at radius 1 is 1.47 bits per heavy atom. The molecule has 1 rings (SSSR count). The van der Waals surface area contributed by atoms with E-state index in [0.29, 0.717) is 12.1 Å². The normalized spacial score (nSPS) is 9.94. The number of rotatable bonds is 6. The van der Waals surface area contributed by atoms with Gasteiger partial charge in [0.2, 0.25) is 5.91 Å². The fourth-order valence-corrected chi connectivity index (χ4v) is 1.28. The van der Waals surface area contributed by atoms with E-state index in [4.69, 9.17) is 0 Å². The fourth-order valence-electron chi connectivity index (χ4n) is 1.28. The molecule has 6 nitrogen and oxygen atoms in total. The number of nitrogens with zero attached hydrogens (tertiary/aromatic N) is 1. The first-order valence-electron chi connectivity index (χ1n) is 5.34. The number of nitro benzene ring substituents is 1. The van der Waals surface area contributed by atoms with Crippen molar-refractivity contribution in [2.75, 3.05) is 13.1 Å². The maximum atomic E-state index is 11.3. The van der Waals surface area contributed by atoms with Crippen LogP contribution in [-0.4, -0.2) is 23.9 Å². The van der Waals surface area contributed by atoms with Gasteiger partial charge in [0.1, 0.15) is 0 Å². The number of amides is 1. The van der Waals surface area contributed by atoms with Crippen molar-refractivity contribution < 1.29 is 9.72 Å². The highest BCUT2D eigenvalue weighted by atomic mass is 16.6. The van der Waals surface area contributed by atoms with E-state index in [0.717, 1.165) is 6.54 Å². The second-order valence-corrected chi connectivity index (χ2v) is 3.48. The summed E-state index contributed by atoms with van der Waals surface area (Å²) in [5.41, 5.74) is 0.743. The van der Waals surface area contributed by atoms with Crippen LogP contribution in [0.2, 0.25) is 0 Å². The Hall–Kier alpha value is -1.95. The van der Waals surface area contributed by atoms with Crippen LogP contribution in [0.5, 0.6) is 0 Å². The number of carbonyl (C=O) groups excluding carboxylic acids is 1. The molecule has 6 heteroatoms. The summed E-state index contributed by atoms with van der Waals surface area (Å²) < 4.78 is 0. The predicted molar refractivity (Wildman–Crippen MR) is 63.5 cm³/mol. The largest absolute Gasteiger partial charge is 0.351 e. The van der Waals surface area contributed by atoms with Crippen LogP contribution in [0.1, 0.15) is 12.5 Å². The highest BCUT2D eigenvalue weighted by Gasteiger charge is 2.06. The van der Waals surface area contributed by atoms with E-state index in [1.165, 1.54) is 12.1 Å². The van der Waals surface area contributed by atoms with E-state index in [1.54, 1.807) is 12.1 Å². The molecule has 0 radical (unpaired) electrons. The number of nitrogens with one attached hydrogen (secondary N) is 2. The Morgan fingerprint density at radius 2 is 2.24 bits per heavy atom. The first kappa shape index (κ1) is 13.1. The molecule has 0 atom stereocenters. The lowest BCUT2D eigenvalue weighted by Crippen LogP contribution is -2.33. The standard InChI is InChI=1S/C11H15N3O3/c1-2-12-8-11(15)13-7-9-4-3-5-10(6-9)14(16)17/h3-6,12H,2,7-8H2,1H3,(H,13,15). The van der Waals surface area contributed by atoms with E-state index in [2.05, 4.69) is 10.6 Å². The molecular weight excluding hydrogens is 222 g/mol. The third kappa shape index (κ3) is 4.60. The maximum absolute atomic E-state index is 11.3. The number of hydrogen-bond donors (Lipinski definition) is 2. The van der Waals surface area contributed by atoms with Gasteiger partial charge in [-0.25, -0.2) is 0 Å². The summed E-state index contributed by atoms with van der Waals surface area (Å²) in [7, 11) is 0. The lowest BCUT2D eigenvalue weighted by molar-refractivity contribution is -0.384. The molecule has 17 heavy (non-hydrogen) atoms. The molecule has 0 heterocycles. The van der Waals surface area contributed by atoms with Gasteiger partial charge in [-0.2, -0.15) is 0 Å². The second-order valence-electron chi connectivity index (χ2n) is 3.48. The van der Waals surface area contributed by atoms with Crippen molar-refractivity contribution in [1.82, 2.24) is 10.6 Å². The zero-order chi connectivity index (χ0) is 12.7. The maximum Gasteiger partial charge on any atom is 0.269 e. The Bertz CT molecular complexity index is 407. The van der Waals surface area contributed by atoms with Crippen molar-refractivity contribution in [3.63, 3.8) is 0 Å². The van der Waals surface area contributed by atoms with Gasteiger partial charge in [0, 0.05) is 18.7 Å². The number of nitro groups is 1. The summed E-state index contributed by atoms with van der Waals surface area (Å²) in [5, 5.41) is 16.1. The number of benzene rings is 1. The molecule has 0 unspecified atom stereocenters. The predicted octanol–water partition coefficient (Wildman–Crippen LogP) is 0.820. The number of likely N-dealkylation sites (N-methyl/N-ethyl adjacent to an activating group) is 1. The molecule has 0 aromatic heterocycles. The molecule has 0 aliphatic rings. The van der Waals surface area contributed by atoms with Crippen molar-refractivity contribution in [2.24, 2.45) is 0 Å². The quantitative estimate of drug-likeness (QED) is 0.566. The highest BCUT2D eigenvalue weighted by molar-refractivity contribution is 5.77. The van der Waals surface area contributed by atoms with Crippen LogP contribution in [-0.2, 0) is 11.3 Å². The smallest absolute Gasteiger partial charge is 0.269 e. The Balaban J connectivity index is 2.49. The van der Waals surface area contributed by atoms with Crippen molar-refractivity contribution in [3.05, 3.63) is 39.9 Å². The lowest BCUT2D eigenvalue weighted by atomic mass is 10.2. The van der Waals surface area contributed by atoms with Crippen LogP contribution in [0.3, 0.4) is 0 Å². The van der Waals surface area contributed by atoms with E-state index in [9.17, 15) is 14.9 Å². The van der Waals surface area contributed by atoms with Crippen molar-refractivity contribution in [2.45, 2.75) is 13.5 Å². The lowest BCUT2D eigenvalue weighted by Gasteiger charge is -2.05. The fraction of sp³-hybridized carbons (Fsp3) is 0.364. The van der Waals surface area contributed by atoms with Gasteiger partial charge in [0.25, 0.3) is 5.69 Å². The molecule has 1 aromatic carbocycles. The molecule has 2 N–H and O–H groups in total. The number of carbonyl (C=O) groups is 1. The van der Waals surface area contributed by atoms with Gasteiger partial charge < -0.3 is 10.6 Å². The van der Waals surface area contributed by atoms with E-state index < -0.39 is 4.92 Å². The molecule has 1 aromatic rings.